The number of benzene rings is 2. The second-order valence-corrected chi connectivity index (χ2v) is 7.66. The lowest BCUT2D eigenvalue weighted by Gasteiger charge is -2.35. The van der Waals surface area contributed by atoms with E-state index < -0.39 is 11.7 Å². The molecule has 30 heavy (non-hydrogen) atoms. The van der Waals surface area contributed by atoms with Gasteiger partial charge in [0.2, 0.25) is 0 Å². The summed E-state index contributed by atoms with van der Waals surface area (Å²) in [5, 5.41) is 1.01. The molecular weight excluding hydrogens is 415 g/mol. The Labute approximate surface area is 176 Å². The molecule has 0 bridgehead atoms. The molecule has 0 saturated carbocycles. The molecule has 8 heteroatoms. The molecule has 0 unspecified atom stereocenters. The van der Waals surface area contributed by atoms with Crippen LogP contribution in [0, 0.1) is 0 Å². The van der Waals surface area contributed by atoms with Crippen molar-refractivity contribution in [3.05, 3.63) is 76.4 Å². The van der Waals surface area contributed by atoms with Gasteiger partial charge in [-0.1, -0.05) is 48.0 Å². The Bertz CT molecular complexity index is 1080. The summed E-state index contributed by atoms with van der Waals surface area (Å²) in [7, 11) is 0. The Kier molecular flexibility index (Phi) is 5.66. The highest BCUT2D eigenvalue weighted by Gasteiger charge is 2.30. The summed E-state index contributed by atoms with van der Waals surface area (Å²) in [5.74, 6) is -0.116. The zero-order valence-electron chi connectivity index (χ0n) is 16.0. The number of halogens is 4. The Morgan fingerprint density at radius 1 is 1.00 bits per heavy atom. The van der Waals surface area contributed by atoms with Crippen molar-refractivity contribution < 1.29 is 18.0 Å². The van der Waals surface area contributed by atoms with Crippen LogP contribution in [0.2, 0.25) is 5.15 Å². The summed E-state index contributed by atoms with van der Waals surface area (Å²) in [6.07, 6.45) is -4.35. The number of hydrogen-bond donors (Lipinski definition) is 0. The number of para-hydroxylation sites is 1. The van der Waals surface area contributed by atoms with E-state index in [-0.39, 0.29) is 11.1 Å². The number of alkyl halides is 3. The van der Waals surface area contributed by atoms with Crippen molar-refractivity contribution >= 4 is 28.4 Å². The van der Waals surface area contributed by atoms with Gasteiger partial charge in [-0.15, -0.1) is 0 Å². The first-order valence-electron chi connectivity index (χ1n) is 9.54. The molecule has 0 spiro atoms. The molecule has 1 fully saturated rings. The molecule has 0 atom stereocenters. The Balaban J connectivity index is 1.44. The van der Waals surface area contributed by atoms with Crippen LogP contribution in [-0.4, -0.2) is 46.9 Å². The van der Waals surface area contributed by atoms with E-state index in [2.05, 4.69) is 9.88 Å². The SMILES string of the molecule is O=C(c1cc(Cl)nc2ccccc12)N1CCN(Cc2cccc(C(F)(F)F)c2)CC1. The third-order valence-corrected chi connectivity index (χ3v) is 5.43. The van der Waals surface area contributed by atoms with E-state index in [9.17, 15) is 18.0 Å². The number of nitrogens with zero attached hydrogens (tertiary/aromatic N) is 3. The zero-order chi connectivity index (χ0) is 21.3. The molecular formula is C22H19ClF3N3O. The number of carbonyl (C=O) groups excluding carboxylic acids is 1. The van der Waals surface area contributed by atoms with Gasteiger partial charge in [0.1, 0.15) is 5.15 Å². The number of amides is 1. The Morgan fingerprint density at radius 2 is 1.73 bits per heavy atom. The zero-order valence-corrected chi connectivity index (χ0v) is 16.7. The molecule has 0 N–H and O–H groups in total. The molecule has 1 saturated heterocycles. The van der Waals surface area contributed by atoms with Crippen molar-refractivity contribution in [1.82, 2.24) is 14.8 Å². The lowest BCUT2D eigenvalue weighted by Crippen LogP contribution is -2.48. The van der Waals surface area contributed by atoms with Gasteiger partial charge in [0.15, 0.2) is 0 Å². The minimum absolute atomic E-state index is 0.116. The third kappa shape index (κ3) is 4.42. The molecule has 4 rings (SSSR count). The van der Waals surface area contributed by atoms with Gasteiger partial charge in [-0.05, 0) is 23.8 Å². The van der Waals surface area contributed by atoms with E-state index in [4.69, 9.17) is 11.6 Å². The number of piperazine rings is 1. The van der Waals surface area contributed by atoms with Crippen molar-refractivity contribution in [2.45, 2.75) is 12.7 Å². The van der Waals surface area contributed by atoms with Crippen molar-refractivity contribution in [3.63, 3.8) is 0 Å². The molecule has 1 aliphatic heterocycles. The van der Waals surface area contributed by atoms with Gasteiger partial charge >= 0.3 is 6.18 Å². The fourth-order valence-electron chi connectivity index (χ4n) is 3.70. The van der Waals surface area contributed by atoms with Crippen LogP contribution in [0.15, 0.2) is 54.6 Å². The standard InChI is InChI=1S/C22H19ClF3N3O/c23-20-13-18(17-6-1-2-7-19(17)27-20)21(30)29-10-8-28(9-11-29)14-15-4-3-5-16(12-15)22(24,25)26/h1-7,12-13H,8-11,14H2. The molecule has 156 valence electrons. The first kappa shape index (κ1) is 20.6. The highest BCUT2D eigenvalue weighted by atomic mass is 35.5. The van der Waals surface area contributed by atoms with E-state index in [1.807, 2.05) is 24.3 Å². The van der Waals surface area contributed by atoms with Crippen molar-refractivity contribution in [2.75, 3.05) is 26.2 Å². The molecule has 2 aromatic carbocycles. The molecule has 1 aromatic heterocycles. The Morgan fingerprint density at radius 3 is 2.47 bits per heavy atom. The summed E-state index contributed by atoms with van der Waals surface area (Å²) in [4.78, 5) is 21.1. The van der Waals surface area contributed by atoms with Crippen LogP contribution in [-0.2, 0) is 12.7 Å². The van der Waals surface area contributed by atoms with Gasteiger partial charge in [-0.2, -0.15) is 13.2 Å². The highest BCUT2D eigenvalue weighted by Crippen LogP contribution is 2.30. The summed E-state index contributed by atoms with van der Waals surface area (Å²) in [6.45, 7) is 2.56. The second kappa shape index (κ2) is 8.24. The average molecular weight is 434 g/mol. The number of rotatable bonds is 3. The molecule has 1 aliphatic rings. The smallest absolute Gasteiger partial charge is 0.336 e. The summed E-state index contributed by atoms with van der Waals surface area (Å²) in [6, 6.07) is 14.3. The minimum atomic E-state index is -4.35. The summed E-state index contributed by atoms with van der Waals surface area (Å²) in [5.41, 5.74) is 1.14. The number of pyridine rings is 1. The second-order valence-electron chi connectivity index (χ2n) is 7.28. The summed E-state index contributed by atoms with van der Waals surface area (Å²) < 4.78 is 38.7. The van der Waals surface area contributed by atoms with Gasteiger partial charge in [-0.25, -0.2) is 4.98 Å². The maximum atomic E-state index is 13.1. The number of aromatic nitrogens is 1. The van der Waals surface area contributed by atoms with E-state index in [1.165, 1.54) is 12.1 Å². The molecule has 3 aromatic rings. The van der Waals surface area contributed by atoms with Gasteiger partial charge in [0, 0.05) is 38.1 Å². The van der Waals surface area contributed by atoms with Crippen molar-refractivity contribution in [3.8, 4) is 0 Å². The summed E-state index contributed by atoms with van der Waals surface area (Å²) >= 11 is 6.09. The van der Waals surface area contributed by atoms with E-state index in [0.717, 1.165) is 11.5 Å². The largest absolute Gasteiger partial charge is 0.416 e. The van der Waals surface area contributed by atoms with Crippen molar-refractivity contribution in [1.29, 1.82) is 0 Å². The fraction of sp³-hybridized carbons (Fsp3) is 0.273. The number of hydrogen-bond acceptors (Lipinski definition) is 3. The third-order valence-electron chi connectivity index (χ3n) is 5.24. The van der Waals surface area contributed by atoms with Gasteiger partial charge in [0.05, 0.1) is 16.6 Å². The molecule has 2 heterocycles. The van der Waals surface area contributed by atoms with E-state index in [1.54, 1.807) is 17.0 Å². The fourth-order valence-corrected chi connectivity index (χ4v) is 3.90. The number of carbonyl (C=O) groups is 1. The van der Waals surface area contributed by atoms with Crippen molar-refractivity contribution in [2.24, 2.45) is 0 Å². The lowest BCUT2D eigenvalue weighted by atomic mass is 10.1. The van der Waals surface area contributed by atoms with Gasteiger partial charge in [-0.3, -0.25) is 9.69 Å². The average Bonchev–Trinajstić information content (AvgIpc) is 2.73. The van der Waals surface area contributed by atoms with Gasteiger partial charge in [0.25, 0.3) is 5.91 Å². The molecule has 4 nitrogen and oxygen atoms in total. The first-order valence-corrected chi connectivity index (χ1v) is 9.92. The maximum Gasteiger partial charge on any atom is 0.416 e. The quantitative estimate of drug-likeness (QED) is 0.553. The van der Waals surface area contributed by atoms with Crippen LogP contribution >= 0.6 is 11.6 Å². The minimum Gasteiger partial charge on any atom is -0.336 e. The van der Waals surface area contributed by atoms with Gasteiger partial charge < -0.3 is 4.90 Å². The van der Waals surface area contributed by atoms with E-state index >= 15 is 0 Å². The van der Waals surface area contributed by atoms with E-state index in [0.29, 0.717) is 49.4 Å². The topological polar surface area (TPSA) is 36.4 Å². The first-order chi connectivity index (χ1) is 14.3. The monoisotopic (exact) mass is 433 g/mol. The van der Waals surface area contributed by atoms with Crippen LogP contribution < -0.4 is 0 Å². The van der Waals surface area contributed by atoms with Crippen LogP contribution in [0.3, 0.4) is 0 Å². The Hall–Kier alpha value is -2.64. The van der Waals surface area contributed by atoms with Crippen LogP contribution in [0.4, 0.5) is 13.2 Å². The van der Waals surface area contributed by atoms with Crippen LogP contribution in [0.5, 0.6) is 0 Å². The van der Waals surface area contributed by atoms with Crippen LogP contribution in [0.1, 0.15) is 21.5 Å². The van der Waals surface area contributed by atoms with Crippen LogP contribution in [0.25, 0.3) is 10.9 Å². The molecule has 0 aliphatic carbocycles. The molecule has 1 amide bonds. The maximum absolute atomic E-state index is 13.1. The lowest BCUT2D eigenvalue weighted by molar-refractivity contribution is -0.137. The predicted molar refractivity (Wildman–Crippen MR) is 109 cm³/mol. The highest BCUT2D eigenvalue weighted by molar-refractivity contribution is 6.30. The predicted octanol–water partition coefficient (Wildman–Crippen LogP) is 4.87. The number of fused-ring (bicyclic) bond motifs is 1. The molecule has 0 radical (unpaired) electrons. The normalized spacial score (nSPS) is 15.5.